The van der Waals surface area contributed by atoms with Crippen LogP contribution in [0, 0.1) is 5.41 Å². The molecule has 0 radical (unpaired) electrons. The maximum absolute atomic E-state index is 11.8. The Morgan fingerprint density at radius 1 is 1.36 bits per heavy atom. The summed E-state index contributed by atoms with van der Waals surface area (Å²) < 4.78 is 4.91. The number of nitrogens with zero attached hydrogens (tertiary/aromatic N) is 2. The summed E-state index contributed by atoms with van der Waals surface area (Å²) in [5.74, 6) is -2.33. The van der Waals surface area contributed by atoms with Crippen molar-refractivity contribution < 1.29 is 24.2 Å². The average Bonchev–Trinajstić information content (AvgIpc) is 2.50. The van der Waals surface area contributed by atoms with Crippen molar-refractivity contribution in [3.8, 4) is 0 Å². The van der Waals surface area contributed by atoms with E-state index in [1.807, 2.05) is 20.8 Å². The number of hydrogen-bond acceptors (Lipinski definition) is 6. The number of nitrogens with one attached hydrogen (secondary N) is 1. The molecule has 1 amide bonds. The van der Waals surface area contributed by atoms with Crippen LogP contribution >= 0.6 is 0 Å². The zero-order valence-electron chi connectivity index (χ0n) is 12.8. The number of carboxylic acids is 1. The molecular weight excluding hydrogens is 290 g/mol. The van der Waals surface area contributed by atoms with Crippen LogP contribution in [0.2, 0.25) is 0 Å². The van der Waals surface area contributed by atoms with Gasteiger partial charge in [0.25, 0.3) is 0 Å². The molecule has 8 heteroatoms. The number of rotatable bonds is 7. The third-order valence-electron chi connectivity index (χ3n) is 3.26. The Balaban J connectivity index is 2.52. The zero-order valence-corrected chi connectivity index (χ0v) is 12.8. The van der Waals surface area contributed by atoms with Gasteiger partial charge >= 0.3 is 11.9 Å². The molecule has 22 heavy (non-hydrogen) atoms. The number of esters is 1. The highest BCUT2D eigenvalue weighted by molar-refractivity contribution is 6.00. The summed E-state index contributed by atoms with van der Waals surface area (Å²) >= 11 is 0. The smallest absolute Gasteiger partial charge is 0.358 e. The van der Waals surface area contributed by atoms with Gasteiger partial charge in [0.2, 0.25) is 5.91 Å². The molecule has 0 aliphatic carbocycles. The number of aromatic carboxylic acids is 1. The molecule has 1 rings (SSSR count). The molecule has 1 aromatic rings. The maximum atomic E-state index is 11.8. The van der Waals surface area contributed by atoms with Crippen molar-refractivity contribution in [3.63, 3.8) is 0 Å². The summed E-state index contributed by atoms with van der Waals surface area (Å²) in [4.78, 5) is 41.7. The first-order valence-electron chi connectivity index (χ1n) is 6.78. The molecule has 2 N–H and O–H groups in total. The van der Waals surface area contributed by atoms with Crippen LogP contribution in [-0.4, -0.2) is 46.1 Å². The predicted octanol–water partition coefficient (Wildman–Crippen LogP) is 0.884. The van der Waals surface area contributed by atoms with Crippen molar-refractivity contribution in [2.45, 2.75) is 27.2 Å². The van der Waals surface area contributed by atoms with Crippen LogP contribution in [0.1, 0.15) is 48.0 Å². The lowest BCUT2D eigenvalue weighted by atomic mass is 9.89. The quantitative estimate of drug-likeness (QED) is 0.567. The highest BCUT2D eigenvalue weighted by Crippen LogP contribution is 2.19. The molecule has 120 valence electrons. The van der Waals surface area contributed by atoms with Crippen LogP contribution in [0.4, 0.5) is 0 Å². The van der Waals surface area contributed by atoms with E-state index < -0.39 is 17.4 Å². The van der Waals surface area contributed by atoms with Crippen LogP contribution in [0.3, 0.4) is 0 Å². The number of aromatic nitrogens is 2. The molecule has 1 heterocycles. The van der Waals surface area contributed by atoms with Crippen LogP contribution < -0.4 is 5.32 Å². The average molecular weight is 309 g/mol. The highest BCUT2D eigenvalue weighted by atomic mass is 16.5. The van der Waals surface area contributed by atoms with E-state index in [-0.39, 0.29) is 30.3 Å². The molecule has 0 spiro atoms. The normalized spacial score (nSPS) is 10.9. The SMILES string of the molecule is CCC(C)(C)C(=O)NCCOC(=O)c1ncncc1C(=O)O. The third kappa shape index (κ3) is 4.51. The minimum absolute atomic E-state index is 0.0760. The Morgan fingerprint density at radius 2 is 2.05 bits per heavy atom. The summed E-state index contributed by atoms with van der Waals surface area (Å²) in [6, 6.07) is 0. The second-order valence-corrected chi connectivity index (χ2v) is 5.22. The first-order chi connectivity index (χ1) is 10.3. The second-order valence-electron chi connectivity index (χ2n) is 5.22. The summed E-state index contributed by atoms with van der Waals surface area (Å²) in [6.45, 7) is 5.60. The van der Waals surface area contributed by atoms with E-state index in [0.717, 1.165) is 12.5 Å². The van der Waals surface area contributed by atoms with Crippen molar-refractivity contribution in [3.05, 3.63) is 23.8 Å². The van der Waals surface area contributed by atoms with Crippen molar-refractivity contribution >= 4 is 17.8 Å². The molecule has 0 unspecified atom stereocenters. The molecule has 0 bridgehead atoms. The lowest BCUT2D eigenvalue weighted by Gasteiger charge is -2.21. The van der Waals surface area contributed by atoms with Gasteiger partial charge in [0, 0.05) is 11.6 Å². The van der Waals surface area contributed by atoms with E-state index in [1.54, 1.807) is 0 Å². The van der Waals surface area contributed by atoms with Gasteiger partial charge in [0.1, 0.15) is 18.5 Å². The van der Waals surface area contributed by atoms with Gasteiger partial charge in [-0.1, -0.05) is 20.8 Å². The number of hydrogen-bond donors (Lipinski definition) is 2. The maximum Gasteiger partial charge on any atom is 0.358 e. The van der Waals surface area contributed by atoms with E-state index in [0.29, 0.717) is 6.42 Å². The standard InChI is InChI=1S/C14H19N3O5/c1-4-14(2,3)13(21)16-5-6-22-12(20)10-9(11(18)19)7-15-8-17-10/h7-8H,4-6H2,1-3H3,(H,16,21)(H,18,19). The Bertz CT molecular complexity index is 571. The fraction of sp³-hybridized carbons (Fsp3) is 0.500. The molecule has 0 fully saturated rings. The second kappa shape index (κ2) is 7.48. The van der Waals surface area contributed by atoms with Crippen LogP contribution in [0.15, 0.2) is 12.5 Å². The zero-order chi connectivity index (χ0) is 16.8. The first kappa shape index (κ1) is 17.5. The number of carbonyl (C=O) groups excluding carboxylic acids is 2. The number of carbonyl (C=O) groups is 3. The van der Waals surface area contributed by atoms with Crippen molar-refractivity contribution in [2.75, 3.05) is 13.2 Å². The topological polar surface area (TPSA) is 118 Å². The Hall–Kier alpha value is -2.51. The van der Waals surface area contributed by atoms with Crippen LogP contribution in [0.25, 0.3) is 0 Å². The fourth-order valence-corrected chi connectivity index (χ4v) is 1.43. The van der Waals surface area contributed by atoms with E-state index in [2.05, 4.69) is 15.3 Å². The van der Waals surface area contributed by atoms with Gasteiger partial charge in [-0.3, -0.25) is 4.79 Å². The van der Waals surface area contributed by atoms with Gasteiger partial charge in [-0.25, -0.2) is 19.6 Å². The first-order valence-corrected chi connectivity index (χ1v) is 6.78. The minimum atomic E-state index is -1.31. The Kier molecular flexibility index (Phi) is 5.97. The summed E-state index contributed by atoms with van der Waals surface area (Å²) in [6.07, 6.45) is 2.77. The van der Waals surface area contributed by atoms with Gasteiger partial charge in [0.05, 0.1) is 6.54 Å². The largest absolute Gasteiger partial charge is 0.478 e. The number of amides is 1. The lowest BCUT2D eigenvalue weighted by molar-refractivity contribution is -0.129. The van der Waals surface area contributed by atoms with Gasteiger partial charge in [-0.2, -0.15) is 0 Å². The number of ether oxygens (including phenoxy) is 1. The van der Waals surface area contributed by atoms with E-state index in [1.165, 1.54) is 0 Å². The Labute approximate surface area is 127 Å². The van der Waals surface area contributed by atoms with E-state index in [9.17, 15) is 14.4 Å². The van der Waals surface area contributed by atoms with Crippen molar-refractivity contribution in [1.82, 2.24) is 15.3 Å². The third-order valence-corrected chi connectivity index (χ3v) is 3.26. The van der Waals surface area contributed by atoms with E-state index in [4.69, 9.17) is 9.84 Å². The predicted molar refractivity (Wildman–Crippen MR) is 76.4 cm³/mol. The molecule has 0 aliphatic heterocycles. The van der Waals surface area contributed by atoms with E-state index >= 15 is 0 Å². The summed E-state index contributed by atoms with van der Waals surface area (Å²) in [5, 5.41) is 11.6. The molecule has 0 saturated heterocycles. The van der Waals surface area contributed by atoms with Crippen LogP contribution in [-0.2, 0) is 9.53 Å². The molecule has 0 aliphatic rings. The van der Waals surface area contributed by atoms with Crippen LogP contribution in [0.5, 0.6) is 0 Å². The van der Waals surface area contributed by atoms with Crippen molar-refractivity contribution in [1.29, 1.82) is 0 Å². The molecule has 1 aromatic heterocycles. The Morgan fingerprint density at radius 3 is 2.64 bits per heavy atom. The van der Waals surface area contributed by atoms with Gasteiger partial charge in [-0.15, -0.1) is 0 Å². The van der Waals surface area contributed by atoms with Gasteiger partial charge in [-0.05, 0) is 6.42 Å². The van der Waals surface area contributed by atoms with Gasteiger partial charge in [0.15, 0.2) is 5.69 Å². The summed E-state index contributed by atoms with van der Waals surface area (Å²) in [7, 11) is 0. The number of carboxylic acid groups (broad SMARTS) is 1. The fourth-order valence-electron chi connectivity index (χ4n) is 1.43. The van der Waals surface area contributed by atoms with Crippen molar-refractivity contribution in [2.24, 2.45) is 5.41 Å². The molecule has 8 nitrogen and oxygen atoms in total. The monoisotopic (exact) mass is 309 g/mol. The molecule has 0 aromatic carbocycles. The molecule has 0 atom stereocenters. The highest BCUT2D eigenvalue weighted by Gasteiger charge is 2.25. The summed E-state index contributed by atoms with van der Waals surface area (Å²) in [5.41, 5.74) is -1.14. The minimum Gasteiger partial charge on any atom is -0.478 e. The van der Waals surface area contributed by atoms with Gasteiger partial charge < -0.3 is 15.2 Å². The lowest BCUT2D eigenvalue weighted by Crippen LogP contribution is -2.38. The molecular formula is C14H19N3O5. The molecule has 0 saturated carbocycles.